The van der Waals surface area contributed by atoms with Crippen molar-refractivity contribution >= 4 is 16.8 Å². The molecule has 0 aliphatic heterocycles. The van der Waals surface area contributed by atoms with Gasteiger partial charge in [-0.3, -0.25) is 4.79 Å². The fourth-order valence-electron chi connectivity index (χ4n) is 3.89. The van der Waals surface area contributed by atoms with Crippen LogP contribution in [0.2, 0.25) is 0 Å². The van der Waals surface area contributed by atoms with Crippen molar-refractivity contribution in [3.63, 3.8) is 0 Å². The van der Waals surface area contributed by atoms with E-state index in [-0.39, 0.29) is 11.3 Å². The Morgan fingerprint density at radius 2 is 1.88 bits per heavy atom. The van der Waals surface area contributed by atoms with E-state index in [9.17, 15) is 4.79 Å². The number of carbonyl (C=O) groups is 1. The van der Waals surface area contributed by atoms with Crippen LogP contribution < -0.4 is 5.32 Å². The molecule has 1 saturated carbocycles. The number of fused-ring (bicyclic) bond motifs is 1. The summed E-state index contributed by atoms with van der Waals surface area (Å²) in [5, 5.41) is 4.35. The van der Waals surface area contributed by atoms with Gasteiger partial charge in [0.2, 0.25) is 5.91 Å². The zero-order chi connectivity index (χ0) is 16.8. The average molecular weight is 318 g/mol. The van der Waals surface area contributed by atoms with Gasteiger partial charge in [-0.05, 0) is 40.5 Å². The van der Waals surface area contributed by atoms with Crippen LogP contribution in [-0.4, -0.2) is 10.9 Å². The Labute approximate surface area is 142 Å². The van der Waals surface area contributed by atoms with Crippen molar-refractivity contribution in [3.05, 3.63) is 71.9 Å². The first-order valence-corrected chi connectivity index (χ1v) is 8.43. The molecule has 1 amide bonds. The quantitative estimate of drug-likeness (QED) is 0.745. The van der Waals surface area contributed by atoms with Crippen LogP contribution in [0.3, 0.4) is 0 Å². The minimum Gasteiger partial charge on any atom is -0.361 e. The molecule has 1 heterocycles. The van der Waals surface area contributed by atoms with E-state index in [1.165, 1.54) is 5.39 Å². The van der Waals surface area contributed by atoms with E-state index in [0.717, 1.165) is 23.1 Å². The summed E-state index contributed by atoms with van der Waals surface area (Å²) in [7, 11) is 0. The third kappa shape index (κ3) is 2.23. The summed E-state index contributed by atoms with van der Waals surface area (Å²) in [4.78, 5) is 16.2. The molecule has 4 rings (SSSR count). The summed E-state index contributed by atoms with van der Waals surface area (Å²) < 4.78 is 0. The van der Waals surface area contributed by atoms with Crippen molar-refractivity contribution in [2.45, 2.75) is 32.2 Å². The molecule has 3 nitrogen and oxygen atoms in total. The van der Waals surface area contributed by atoms with E-state index in [0.29, 0.717) is 6.54 Å². The Morgan fingerprint density at radius 3 is 2.58 bits per heavy atom. The number of nitrogens with one attached hydrogen (secondary N) is 2. The van der Waals surface area contributed by atoms with Crippen LogP contribution in [0.25, 0.3) is 10.9 Å². The molecular formula is C21H22N2O. The van der Waals surface area contributed by atoms with Crippen LogP contribution in [0.1, 0.15) is 31.4 Å². The molecular weight excluding hydrogens is 296 g/mol. The predicted molar refractivity (Wildman–Crippen MR) is 96.7 cm³/mol. The molecule has 0 unspecified atom stereocenters. The normalized spacial score (nSPS) is 21.6. The molecule has 0 bridgehead atoms. The topological polar surface area (TPSA) is 44.9 Å². The van der Waals surface area contributed by atoms with Crippen LogP contribution in [0.15, 0.2) is 60.8 Å². The smallest absolute Gasteiger partial charge is 0.231 e. The molecule has 122 valence electrons. The lowest BCUT2D eigenvalue weighted by Crippen LogP contribution is -2.37. The molecule has 3 aromatic rings. The van der Waals surface area contributed by atoms with Gasteiger partial charge >= 0.3 is 0 Å². The van der Waals surface area contributed by atoms with E-state index in [4.69, 9.17) is 0 Å². The number of benzene rings is 2. The van der Waals surface area contributed by atoms with Gasteiger partial charge in [-0.25, -0.2) is 0 Å². The lowest BCUT2D eigenvalue weighted by molar-refractivity contribution is -0.124. The lowest BCUT2D eigenvalue weighted by Gasteiger charge is -2.20. The summed E-state index contributed by atoms with van der Waals surface area (Å²) in [6.07, 6.45) is 2.83. The summed E-state index contributed by atoms with van der Waals surface area (Å²) in [5.74, 6) is 0.130. The largest absolute Gasteiger partial charge is 0.361 e. The number of hydrogen-bond donors (Lipinski definition) is 2. The standard InChI is InChI=1S/C21H22N2O/c1-20(2)14-21(20,17-6-4-3-5-7-17)19(24)23-13-15-8-9-16-10-11-22-18(16)12-15/h3-12,22H,13-14H2,1-2H3,(H,23,24)/t21-/m0/s1. The molecule has 1 fully saturated rings. The molecule has 1 aliphatic rings. The van der Waals surface area contributed by atoms with Gasteiger partial charge in [0.25, 0.3) is 0 Å². The van der Waals surface area contributed by atoms with Crippen molar-refractivity contribution in [3.8, 4) is 0 Å². The zero-order valence-electron chi connectivity index (χ0n) is 14.1. The second-order valence-electron chi connectivity index (χ2n) is 7.41. The molecule has 2 aromatic carbocycles. The highest BCUT2D eigenvalue weighted by Gasteiger charge is 2.66. The third-order valence-corrected chi connectivity index (χ3v) is 5.46. The zero-order valence-corrected chi connectivity index (χ0v) is 14.1. The fraction of sp³-hybridized carbons (Fsp3) is 0.286. The van der Waals surface area contributed by atoms with Crippen LogP contribution in [0.5, 0.6) is 0 Å². The number of aromatic nitrogens is 1. The Balaban J connectivity index is 1.54. The highest BCUT2D eigenvalue weighted by molar-refractivity contribution is 5.93. The number of carbonyl (C=O) groups excluding carboxylic acids is 1. The average Bonchev–Trinajstić information content (AvgIpc) is 2.94. The van der Waals surface area contributed by atoms with E-state index >= 15 is 0 Å². The Hall–Kier alpha value is -2.55. The number of amides is 1. The fourth-order valence-corrected chi connectivity index (χ4v) is 3.89. The molecule has 0 radical (unpaired) electrons. The van der Waals surface area contributed by atoms with Gasteiger partial charge in [0.1, 0.15) is 0 Å². The number of hydrogen-bond acceptors (Lipinski definition) is 1. The van der Waals surface area contributed by atoms with E-state index < -0.39 is 5.41 Å². The molecule has 24 heavy (non-hydrogen) atoms. The Bertz CT molecular complexity index is 894. The van der Waals surface area contributed by atoms with Gasteiger partial charge in [0, 0.05) is 18.3 Å². The monoisotopic (exact) mass is 318 g/mol. The maximum Gasteiger partial charge on any atom is 0.231 e. The molecule has 0 saturated heterocycles. The molecule has 2 N–H and O–H groups in total. The van der Waals surface area contributed by atoms with Crippen molar-refractivity contribution in [1.82, 2.24) is 10.3 Å². The van der Waals surface area contributed by atoms with Crippen molar-refractivity contribution in [2.24, 2.45) is 5.41 Å². The second-order valence-corrected chi connectivity index (χ2v) is 7.41. The second kappa shape index (κ2) is 5.23. The SMILES string of the molecule is CC1(C)C[C@@]1(C(=O)NCc1ccc2cc[nH]c2c1)c1ccccc1. The summed E-state index contributed by atoms with van der Waals surface area (Å²) >= 11 is 0. The van der Waals surface area contributed by atoms with Crippen molar-refractivity contribution in [1.29, 1.82) is 0 Å². The van der Waals surface area contributed by atoms with Gasteiger partial charge in [0.15, 0.2) is 0 Å². The molecule has 1 atom stereocenters. The minimum absolute atomic E-state index is 0.00183. The maximum atomic E-state index is 13.0. The third-order valence-electron chi connectivity index (χ3n) is 5.46. The summed E-state index contributed by atoms with van der Waals surface area (Å²) in [5.41, 5.74) is 2.94. The Kier molecular flexibility index (Phi) is 3.27. The van der Waals surface area contributed by atoms with Crippen LogP contribution in [-0.2, 0) is 16.8 Å². The van der Waals surface area contributed by atoms with E-state index in [1.807, 2.05) is 24.4 Å². The Morgan fingerprint density at radius 1 is 1.12 bits per heavy atom. The molecule has 0 spiro atoms. The minimum atomic E-state index is -0.398. The van der Waals surface area contributed by atoms with E-state index in [2.05, 4.69) is 60.5 Å². The first-order chi connectivity index (χ1) is 11.5. The molecule has 1 aliphatic carbocycles. The number of H-pyrrole nitrogens is 1. The maximum absolute atomic E-state index is 13.0. The van der Waals surface area contributed by atoms with Crippen LogP contribution in [0.4, 0.5) is 0 Å². The van der Waals surface area contributed by atoms with E-state index in [1.54, 1.807) is 0 Å². The highest BCUT2D eigenvalue weighted by atomic mass is 16.2. The molecule has 1 aromatic heterocycles. The highest BCUT2D eigenvalue weighted by Crippen LogP contribution is 2.64. The van der Waals surface area contributed by atoms with Crippen LogP contribution >= 0.6 is 0 Å². The van der Waals surface area contributed by atoms with Gasteiger partial charge in [-0.1, -0.05) is 56.3 Å². The van der Waals surface area contributed by atoms with Crippen molar-refractivity contribution < 1.29 is 4.79 Å². The summed E-state index contributed by atoms with van der Waals surface area (Å²) in [6.45, 7) is 4.90. The summed E-state index contributed by atoms with van der Waals surface area (Å²) in [6, 6.07) is 18.5. The van der Waals surface area contributed by atoms with Gasteiger partial charge < -0.3 is 10.3 Å². The van der Waals surface area contributed by atoms with Gasteiger partial charge in [-0.15, -0.1) is 0 Å². The first-order valence-electron chi connectivity index (χ1n) is 8.43. The van der Waals surface area contributed by atoms with Crippen LogP contribution in [0, 0.1) is 5.41 Å². The van der Waals surface area contributed by atoms with Crippen molar-refractivity contribution in [2.75, 3.05) is 0 Å². The van der Waals surface area contributed by atoms with Gasteiger partial charge in [0.05, 0.1) is 5.41 Å². The lowest BCUT2D eigenvalue weighted by atomic mass is 9.87. The molecule has 3 heteroatoms. The number of rotatable bonds is 4. The predicted octanol–water partition coefficient (Wildman–Crippen LogP) is 4.15. The first kappa shape index (κ1) is 15.0. The number of aromatic amines is 1. The van der Waals surface area contributed by atoms with Gasteiger partial charge in [-0.2, -0.15) is 0 Å².